The van der Waals surface area contributed by atoms with E-state index in [0.29, 0.717) is 12.5 Å². The standard InChI is InChI=1S/C15H20N4S/c1-10-5-4-6-13(9-10)19-15(16)17-8-7-14-18-11(2)12(3)20-14/h4-6,9H,7-8H2,1-3H3,(H3,16,17,19). The minimum absolute atomic E-state index is 0.445. The normalized spacial score (nSPS) is 11.7. The number of aryl methyl sites for hydroxylation is 3. The predicted molar refractivity (Wildman–Crippen MR) is 86.6 cm³/mol. The second-order valence-corrected chi connectivity index (χ2v) is 6.05. The van der Waals surface area contributed by atoms with Gasteiger partial charge in [-0.1, -0.05) is 12.1 Å². The average molecular weight is 288 g/mol. The molecule has 4 nitrogen and oxygen atoms in total. The molecule has 0 amide bonds. The van der Waals surface area contributed by atoms with Crippen LogP contribution in [0.1, 0.15) is 21.1 Å². The number of nitrogens with two attached hydrogens (primary N) is 1. The van der Waals surface area contributed by atoms with Gasteiger partial charge in [-0.05, 0) is 38.5 Å². The van der Waals surface area contributed by atoms with Gasteiger partial charge >= 0.3 is 0 Å². The summed E-state index contributed by atoms with van der Waals surface area (Å²) < 4.78 is 0. The fourth-order valence-corrected chi connectivity index (χ4v) is 2.75. The zero-order valence-electron chi connectivity index (χ0n) is 12.1. The molecule has 20 heavy (non-hydrogen) atoms. The highest BCUT2D eigenvalue weighted by molar-refractivity contribution is 7.11. The maximum Gasteiger partial charge on any atom is 0.193 e. The number of hydrogen-bond acceptors (Lipinski definition) is 3. The SMILES string of the molecule is Cc1cccc(NC(N)=NCCc2nc(C)c(C)s2)c1. The summed E-state index contributed by atoms with van der Waals surface area (Å²) in [6.07, 6.45) is 0.829. The Hall–Kier alpha value is -1.88. The Bertz CT molecular complexity index is 597. The van der Waals surface area contributed by atoms with Crippen LogP contribution >= 0.6 is 11.3 Å². The topological polar surface area (TPSA) is 63.3 Å². The zero-order chi connectivity index (χ0) is 14.5. The van der Waals surface area contributed by atoms with Crippen molar-refractivity contribution in [3.05, 3.63) is 45.4 Å². The molecule has 0 saturated carbocycles. The van der Waals surface area contributed by atoms with Gasteiger partial charge in [0.25, 0.3) is 0 Å². The molecule has 2 rings (SSSR count). The lowest BCUT2D eigenvalue weighted by atomic mass is 10.2. The van der Waals surface area contributed by atoms with Gasteiger partial charge in [0, 0.05) is 23.5 Å². The maximum atomic E-state index is 5.88. The highest BCUT2D eigenvalue weighted by Gasteiger charge is 2.03. The van der Waals surface area contributed by atoms with E-state index in [1.54, 1.807) is 11.3 Å². The molecule has 1 aromatic carbocycles. The third-order valence-corrected chi connectivity index (χ3v) is 4.10. The Morgan fingerprint density at radius 1 is 1.35 bits per heavy atom. The van der Waals surface area contributed by atoms with E-state index in [0.717, 1.165) is 22.8 Å². The molecule has 0 aliphatic carbocycles. The van der Waals surface area contributed by atoms with Gasteiger partial charge in [0.1, 0.15) is 0 Å². The number of hydrogen-bond donors (Lipinski definition) is 2. The van der Waals surface area contributed by atoms with E-state index in [-0.39, 0.29) is 0 Å². The van der Waals surface area contributed by atoms with Gasteiger partial charge in [0.05, 0.1) is 10.7 Å². The first-order chi connectivity index (χ1) is 9.54. The Morgan fingerprint density at radius 3 is 2.80 bits per heavy atom. The molecule has 0 aliphatic heterocycles. The molecule has 0 saturated heterocycles. The van der Waals surface area contributed by atoms with Gasteiger partial charge in [-0.15, -0.1) is 11.3 Å². The fraction of sp³-hybridized carbons (Fsp3) is 0.333. The summed E-state index contributed by atoms with van der Waals surface area (Å²) in [5, 5.41) is 4.21. The molecule has 0 bridgehead atoms. The molecular formula is C15H20N4S. The quantitative estimate of drug-likeness (QED) is 0.671. The van der Waals surface area contributed by atoms with Crippen molar-refractivity contribution in [2.75, 3.05) is 11.9 Å². The minimum Gasteiger partial charge on any atom is -0.370 e. The average Bonchev–Trinajstić information content (AvgIpc) is 2.68. The van der Waals surface area contributed by atoms with Crippen LogP contribution < -0.4 is 11.1 Å². The number of nitrogens with zero attached hydrogens (tertiary/aromatic N) is 2. The summed E-state index contributed by atoms with van der Waals surface area (Å²) in [5.74, 6) is 0.445. The van der Waals surface area contributed by atoms with E-state index < -0.39 is 0 Å². The largest absolute Gasteiger partial charge is 0.370 e. The molecule has 1 aromatic heterocycles. The summed E-state index contributed by atoms with van der Waals surface area (Å²) in [6, 6.07) is 8.05. The molecule has 0 radical (unpaired) electrons. The number of rotatable bonds is 4. The van der Waals surface area contributed by atoms with Crippen molar-refractivity contribution in [1.82, 2.24) is 4.98 Å². The van der Waals surface area contributed by atoms with Crippen LogP contribution in [0.3, 0.4) is 0 Å². The summed E-state index contributed by atoms with van der Waals surface area (Å²) in [6.45, 7) is 6.82. The van der Waals surface area contributed by atoms with E-state index in [2.05, 4.69) is 22.2 Å². The minimum atomic E-state index is 0.445. The first-order valence-electron chi connectivity index (χ1n) is 6.61. The molecule has 0 unspecified atom stereocenters. The van der Waals surface area contributed by atoms with Crippen molar-refractivity contribution in [1.29, 1.82) is 0 Å². The van der Waals surface area contributed by atoms with Crippen molar-refractivity contribution in [3.63, 3.8) is 0 Å². The molecule has 2 aromatic rings. The number of guanidine groups is 1. The summed E-state index contributed by atoms with van der Waals surface area (Å²) in [5.41, 5.74) is 9.14. The molecule has 3 N–H and O–H groups in total. The molecule has 1 heterocycles. The zero-order valence-corrected chi connectivity index (χ0v) is 12.9. The third kappa shape index (κ3) is 4.06. The first-order valence-corrected chi connectivity index (χ1v) is 7.43. The van der Waals surface area contributed by atoms with E-state index in [1.165, 1.54) is 10.4 Å². The predicted octanol–water partition coefficient (Wildman–Crippen LogP) is 3.04. The van der Waals surface area contributed by atoms with Crippen LogP contribution in [0.4, 0.5) is 5.69 Å². The van der Waals surface area contributed by atoms with Crippen molar-refractivity contribution in [2.24, 2.45) is 10.7 Å². The lowest BCUT2D eigenvalue weighted by Gasteiger charge is -2.05. The van der Waals surface area contributed by atoms with Crippen LogP contribution in [-0.4, -0.2) is 17.5 Å². The van der Waals surface area contributed by atoms with Crippen molar-refractivity contribution >= 4 is 23.0 Å². The van der Waals surface area contributed by atoms with Crippen LogP contribution in [-0.2, 0) is 6.42 Å². The van der Waals surface area contributed by atoms with E-state index in [4.69, 9.17) is 5.73 Å². The number of thiazole rings is 1. The number of nitrogens with one attached hydrogen (secondary N) is 1. The highest BCUT2D eigenvalue weighted by Crippen LogP contribution is 2.16. The summed E-state index contributed by atoms with van der Waals surface area (Å²) >= 11 is 1.73. The Balaban J connectivity index is 1.88. The second kappa shape index (κ2) is 6.52. The molecule has 0 spiro atoms. The van der Waals surface area contributed by atoms with Crippen LogP contribution in [0.5, 0.6) is 0 Å². The summed E-state index contributed by atoms with van der Waals surface area (Å²) in [4.78, 5) is 10.1. The van der Waals surface area contributed by atoms with E-state index >= 15 is 0 Å². The van der Waals surface area contributed by atoms with Gasteiger partial charge in [-0.25, -0.2) is 4.98 Å². The van der Waals surface area contributed by atoms with Gasteiger partial charge in [-0.2, -0.15) is 0 Å². The van der Waals surface area contributed by atoms with Gasteiger partial charge in [0.2, 0.25) is 0 Å². The van der Waals surface area contributed by atoms with Crippen LogP contribution in [0, 0.1) is 20.8 Å². The van der Waals surface area contributed by atoms with Crippen molar-refractivity contribution < 1.29 is 0 Å². The Labute approximate surface area is 123 Å². The van der Waals surface area contributed by atoms with Crippen molar-refractivity contribution in [2.45, 2.75) is 27.2 Å². The van der Waals surface area contributed by atoms with E-state index in [9.17, 15) is 0 Å². The van der Waals surface area contributed by atoms with Gasteiger partial charge < -0.3 is 11.1 Å². The van der Waals surface area contributed by atoms with Gasteiger partial charge in [-0.3, -0.25) is 4.99 Å². The lowest BCUT2D eigenvalue weighted by molar-refractivity contribution is 0.941. The number of aliphatic imine (C=N–C) groups is 1. The van der Waals surface area contributed by atoms with Gasteiger partial charge in [0.15, 0.2) is 5.96 Å². The monoisotopic (exact) mass is 288 g/mol. The molecule has 0 fully saturated rings. The van der Waals surface area contributed by atoms with E-state index in [1.807, 2.05) is 38.1 Å². The highest BCUT2D eigenvalue weighted by atomic mass is 32.1. The molecule has 5 heteroatoms. The second-order valence-electron chi connectivity index (χ2n) is 4.76. The van der Waals surface area contributed by atoms with Crippen molar-refractivity contribution in [3.8, 4) is 0 Å². The van der Waals surface area contributed by atoms with Crippen LogP contribution in [0.15, 0.2) is 29.3 Å². The number of anilines is 1. The first kappa shape index (κ1) is 14.5. The molecule has 0 aliphatic rings. The summed E-state index contributed by atoms with van der Waals surface area (Å²) in [7, 11) is 0. The Kier molecular flexibility index (Phi) is 4.74. The third-order valence-electron chi connectivity index (χ3n) is 2.97. The number of aromatic nitrogens is 1. The number of benzene rings is 1. The molecule has 106 valence electrons. The maximum absolute atomic E-state index is 5.88. The smallest absolute Gasteiger partial charge is 0.193 e. The van der Waals surface area contributed by atoms with Crippen LogP contribution in [0.2, 0.25) is 0 Å². The lowest BCUT2D eigenvalue weighted by Crippen LogP contribution is -2.23. The van der Waals surface area contributed by atoms with Crippen LogP contribution in [0.25, 0.3) is 0 Å². The fourth-order valence-electron chi connectivity index (χ4n) is 1.83. The molecular weight excluding hydrogens is 268 g/mol. The Morgan fingerprint density at radius 2 is 2.15 bits per heavy atom. The molecule has 0 atom stereocenters.